The molecule has 0 rings (SSSR count). The number of rotatable bonds is 5. The van der Waals surface area contributed by atoms with Crippen LogP contribution >= 0.6 is 0 Å². The van der Waals surface area contributed by atoms with Gasteiger partial charge in [0.1, 0.15) is 17.5 Å². The fourth-order valence-electron chi connectivity index (χ4n) is 1.26. The Morgan fingerprint density at radius 1 is 1.00 bits per heavy atom. The normalized spacial score (nSPS) is 9.86. The second-order valence-corrected chi connectivity index (χ2v) is 3.72. The zero-order valence-corrected chi connectivity index (χ0v) is 9.83. The Morgan fingerprint density at radius 3 is 1.57 bits per heavy atom. The van der Waals surface area contributed by atoms with Crippen molar-refractivity contribution in [1.29, 1.82) is 0 Å². The summed E-state index contributed by atoms with van der Waals surface area (Å²) in [6.07, 6.45) is 0.295. The zero-order chi connectivity index (χ0) is 10.6. The quantitative estimate of drug-likeness (QED) is 0.545. The van der Waals surface area contributed by atoms with Crippen LogP contribution in [0, 0.1) is 11.8 Å². The van der Waals surface area contributed by atoms with Crippen molar-refractivity contribution >= 4 is 17.3 Å². The smallest absolute Gasteiger partial charge is 0.299 e. The van der Waals surface area contributed by atoms with Gasteiger partial charge in [-0.15, -0.1) is 0 Å². The van der Waals surface area contributed by atoms with Crippen molar-refractivity contribution in [2.75, 3.05) is 0 Å². The van der Waals surface area contributed by atoms with Crippen LogP contribution in [0.1, 0.15) is 34.1 Å². The average Bonchev–Trinajstić information content (AvgIpc) is 1.81. The van der Waals surface area contributed by atoms with Gasteiger partial charge in [-0.2, -0.15) is 0 Å². The minimum absolute atomic E-state index is 0. The van der Waals surface area contributed by atoms with E-state index in [-0.39, 0.29) is 40.3 Å². The molecule has 0 unspecified atom stereocenters. The van der Waals surface area contributed by atoms with Gasteiger partial charge < -0.3 is 0 Å². The van der Waals surface area contributed by atoms with Crippen LogP contribution in [0.4, 0.5) is 0 Å². The maximum Gasteiger partial charge on any atom is 2.00 e. The molecular weight excluding hydrogens is 232 g/mol. The minimum atomic E-state index is -1.03. The van der Waals surface area contributed by atoms with Crippen molar-refractivity contribution in [2.45, 2.75) is 34.1 Å². The topological polar surface area (TPSA) is 51.2 Å². The fourth-order valence-corrected chi connectivity index (χ4v) is 1.26. The third kappa shape index (κ3) is 5.30. The first-order chi connectivity index (χ1) is 5.86. The van der Waals surface area contributed by atoms with Crippen LogP contribution in [0.15, 0.2) is 0 Å². The summed E-state index contributed by atoms with van der Waals surface area (Å²) in [6, 6.07) is 0. The molecule has 83 valence electrons. The molecule has 0 N–H and O–H groups in total. The third-order valence-electron chi connectivity index (χ3n) is 1.74. The van der Waals surface area contributed by atoms with Crippen LogP contribution in [0.3, 0.4) is 0 Å². The summed E-state index contributed by atoms with van der Waals surface area (Å²) in [5, 5.41) is 0. The molecule has 0 aromatic carbocycles. The Labute approximate surface area is 95.1 Å². The Kier molecular flexibility index (Phi) is 7.88. The molecule has 0 aromatic rings. The Bertz CT molecular complexity index is 220. The number of hydrogen-bond donors (Lipinski definition) is 0. The van der Waals surface area contributed by atoms with Crippen molar-refractivity contribution in [3.8, 4) is 0 Å². The van der Waals surface area contributed by atoms with Crippen LogP contribution in [-0.2, 0) is 31.5 Å². The van der Waals surface area contributed by atoms with E-state index in [1.807, 2.05) is 13.8 Å². The Hall–Kier alpha value is -0.471. The fraction of sp³-hybridized carbons (Fsp3) is 0.700. The molecule has 0 aliphatic rings. The van der Waals surface area contributed by atoms with E-state index in [1.54, 1.807) is 0 Å². The van der Waals surface area contributed by atoms with Gasteiger partial charge in [0.2, 0.25) is 0 Å². The molecule has 1 radical (unpaired) electrons. The number of carbonyl (C=O) groups is 3. The van der Waals surface area contributed by atoms with E-state index < -0.39 is 5.92 Å². The van der Waals surface area contributed by atoms with Crippen LogP contribution in [0.25, 0.3) is 0 Å². The molecule has 0 fully saturated rings. The predicted molar refractivity (Wildman–Crippen MR) is 49.3 cm³/mol. The molecule has 0 aliphatic carbocycles. The van der Waals surface area contributed by atoms with E-state index >= 15 is 0 Å². The second kappa shape index (κ2) is 6.91. The van der Waals surface area contributed by atoms with Crippen LogP contribution in [-0.4, -0.2) is 17.3 Å². The van der Waals surface area contributed by atoms with E-state index in [4.69, 9.17) is 0 Å². The molecule has 0 atom stereocenters. The molecule has 0 bridgehead atoms. The van der Waals surface area contributed by atoms with Crippen molar-refractivity contribution in [3.63, 3.8) is 0 Å². The van der Waals surface area contributed by atoms with Gasteiger partial charge in [0.05, 0.1) is 0 Å². The first-order valence-corrected chi connectivity index (χ1v) is 4.39. The monoisotopic (exact) mass is 247 g/mol. The Morgan fingerprint density at radius 2 is 1.36 bits per heavy atom. The third-order valence-corrected chi connectivity index (χ3v) is 1.74. The van der Waals surface area contributed by atoms with E-state index in [0.717, 1.165) is 0 Å². The van der Waals surface area contributed by atoms with Crippen molar-refractivity contribution < 1.29 is 31.5 Å². The average molecular weight is 248 g/mol. The minimum Gasteiger partial charge on any atom is -0.299 e. The number of carbonyl (C=O) groups excluding carboxylic acids is 3. The first-order valence-electron chi connectivity index (χ1n) is 4.39. The van der Waals surface area contributed by atoms with E-state index in [1.165, 1.54) is 13.8 Å². The molecule has 4 heteroatoms. The summed E-state index contributed by atoms with van der Waals surface area (Å²) >= 11 is 0. The number of ketones is 3. The first kappa shape index (κ1) is 16.0. The molecule has 14 heavy (non-hydrogen) atoms. The largest absolute Gasteiger partial charge is 2.00 e. The summed E-state index contributed by atoms with van der Waals surface area (Å²) in [4.78, 5) is 33.3. The van der Waals surface area contributed by atoms with Gasteiger partial charge in [-0.1, -0.05) is 13.8 Å². The number of Topliss-reactive ketones (excluding diaryl/α,β-unsaturated/α-hetero) is 3. The molecule has 0 heterocycles. The van der Waals surface area contributed by atoms with Gasteiger partial charge >= 0.3 is 17.1 Å². The Balaban J connectivity index is 0. The van der Waals surface area contributed by atoms with Gasteiger partial charge in [-0.05, 0) is 19.8 Å². The molecule has 0 aromatic heterocycles. The molecule has 0 saturated heterocycles. The molecule has 0 aliphatic heterocycles. The van der Waals surface area contributed by atoms with Gasteiger partial charge in [-0.3, -0.25) is 14.4 Å². The van der Waals surface area contributed by atoms with Crippen LogP contribution in [0.5, 0.6) is 0 Å². The SMILES string of the molecule is CC(=O)C(C(C)=O)C(=O)CC(C)C.[Cu+2]. The van der Waals surface area contributed by atoms with Gasteiger partial charge in [0.25, 0.3) is 0 Å². The summed E-state index contributed by atoms with van der Waals surface area (Å²) in [5.74, 6) is -1.79. The maximum absolute atomic E-state index is 11.4. The van der Waals surface area contributed by atoms with Gasteiger partial charge in [-0.25, -0.2) is 0 Å². The van der Waals surface area contributed by atoms with Crippen LogP contribution < -0.4 is 0 Å². The molecule has 0 spiro atoms. The summed E-state index contributed by atoms with van der Waals surface area (Å²) in [5.41, 5.74) is 0. The van der Waals surface area contributed by atoms with Gasteiger partial charge in [0.15, 0.2) is 5.78 Å². The predicted octanol–water partition coefficient (Wildman–Crippen LogP) is 1.39. The van der Waals surface area contributed by atoms with E-state index in [2.05, 4.69) is 0 Å². The van der Waals surface area contributed by atoms with Crippen LogP contribution in [0.2, 0.25) is 0 Å². The number of hydrogen-bond acceptors (Lipinski definition) is 3. The summed E-state index contributed by atoms with van der Waals surface area (Å²) in [7, 11) is 0. The summed E-state index contributed by atoms with van der Waals surface area (Å²) < 4.78 is 0. The molecular formula is C10H16CuO3+2. The second-order valence-electron chi connectivity index (χ2n) is 3.72. The van der Waals surface area contributed by atoms with Crippen molar-refractivity contribution in [2.24, 2.45) is 11.8 Å². The van der Waals surface area contributed by atoms with E-state index in [9.17, 15) is 14.4 Å². The zero-order valence-electron chi connectivity index (χ0n) is 8.89. The summed E-state index contributed by atoms with van der Waals surface area (Å²) in [6.45, 7) is 6.33. The molecule has 0 amide bonds. The maximum atomic E-state index is 11.4. The van der Waals surface area contributed by atoms with E-state index in [0.29, 0.717) is 6.42 Å². The molecule has 0 saturated carbocycles. The molecule has 3 nitrogen and oxygen atoms in total. The van der Waals surface area contributed by atoms with Gasteiger partial charge in [0, 0.05) is 6.42 Å². The van der Waals surface area contributed by atoms with Crippen molar-refractivity contribution in [3.05, 3.63) is 0 Å². The standard InChI is InChI=1S/C10H16O3.Cu/c1-6(2)5-9(13)10(7(3)11)8(4)12;/h6,10H,5H2,1-4H3;/q;+2. The van der Waals surface area contributed by atoms with Crippen molar-refractivity contribution in [1.82, 2.24) is 0 Å².